The van der Waals surface area contributed by atoms with Gasteiger partial charge in [0, 0.05) is 19.3 Å². The van der Waals surface area contributed by atoms with Gasteiger partial charge in [-0.2, -0.15) is 0 Å². The molecule has 0 aromatic carbocycles. The van der Waals surface area contributed by atoms with E-state index in [1.807, 2.05) is 18.2 Å². The fraction of sp³-hybridized carbons (Fsp3) is 0.333. The molecule has 2 aromatic rings. The van der Waals surface area contributed by atoms with Gasteiger partial charge in [0.2, 0.25) is 0 Å². The Hall–Kier alpha value is -2.30. The van der Waals surface area contributed by atoms with E-state index in [0.717, 1.165) is 24.1 Å². The molecule has 1 aliphatic rings. The molecule has 102 valence electrons. The molecule has 5 heteroatoms. The molecule has 0 saturated carbocycles. The highest BCUT2D eigenvalue weighted by atomic mass is 15.1. The van der Waals surface area contributed by atoms with Gasteiger partial charge in [0.1, 0.15) is 11.0 Å². The van der Waals surface area contributed by atoms with Crippen LogP contribution in [0.15, 0.2) is 36.8 Å². The van der Waals surface area contributed by atoms with E-state index in [0.29, 0.717) is 5.82 Å². The summed E-state index contributed by atoms with van der Waals surface area (Å²) < 4.78 is 0. The second-order valence-electron chi connectivity index (χ2n) is 4.83. The van der Waals surface area contributed by atoms with Crippen LogP contribution in [0.5, 0.6) is 0 Å². The number of allylic oxidation sites excluding steroid dienone is 2. The summed E-state index contributed by atoms with van der Waals surface area (Å²) in [6.45, 7) is 2.31. The van der Waals surface area contributed by atoms with Crippen molar-refractivity contribution in [2.75, 3.05) is 13.1 Å². The monoisotopic (exact) mass is 267 g/mol. The van der Waals surface area contributed by atoms with Gasteiger partial charge < -0.3 is 4.90 Å². The lowest BCUT2D eigenvalue weighted by Gasteiger charge is -2.24. The van der Waals surface area contributed by atoms with E-state index in [-0.39, 0.29) is 0 Å². The van der Waals surface area contributed by atoms with Gasteiger partial charge in [0.25, 0.3) is 0 Å². The van der Waals surface area contributed by atoms with Crippen molar-refractivity contribution in [1.29, 1.82) is 0 Å². The highest BCUT2D eigenvalue weighted by molar-refractivity contribution is 5.72. The lowest BCUT2D eigenvalue weighted by atomic mass is 10.1. The number of hydrogen-bond acceptors (Lipinski definition) is 5. The predicted octanol–water partition coefficient (Wildman–Crippen LogP) is 2.43. The third-order valence-corrected chi connectivity index (χ3v) is 3.32. The van der Waals surface area contributed by atoms with Gasteiger partial charge in [-0.1, -0.05) is 6.08 Å². The molecule has 0 unspecified atom stereocenters. The molecule has 1 saturated heterocycles. The fourth-order valence-corrected chi connectivity index (χ4v) is 2.25. The zero-order chi connectivity index (χ0) is 13.6. The number of piperidine rings is 1. The molecular weight excluding hydrogens is 250 g/mol. The minimum absolute atomic E-state index is 0.605. The number of hydrogen-bond donors (Lipinski definition) is 0. The minimum atomic E-state index is 0.605. The number of pyridine rings is 1. The maximum absolute atomic E-state index is 4.39. The first kappa shape index (κ1) is 12.7. The van der Waals surface area contributed by atoms with Crippen LogP contribution in [-0.2, 0) is 0 Å². The third-order valence-electron chi connectivity index (χ3n) is 3.32. The van der Waals surface area contributed by atoms with Gasteiger partial charge >= 0.3 is 0 Å². The molecule has 0 N–H and O–H groups in total. The Labute approximate surface area is 118 Å². The van der Waals surface area contributed by atoms with Crippen LogP contribution in [-0.4, -0.2) is 38.2 Å². The van der Waals surface area contributed by atoms with Gasteiger partial charge in [-0.3, -0.25) is 4.98 Å². The molecule has 0 spiro atoms. The standard InChI is InChI=1S/C15H17N5/c1-3-9-20(10-4-1)11-5-2-6-15-17-14-12-16-8-7-13(14)18-19-15/h2,5-8,11-12H,1,3-4,9-10H2/b6-2+,11-5+. The van der Waals surface area contributed by atoms with Gasteiger partial charge in [0.05, 0.1) is 6.20 Å². The van der Waals surface area contributed by atoms with Crippen molar-refractivity contribution in [2.45, 2.75) is 19.3 Å². The lowest BCUT2D eigenvalue weighted by molar-refractivity contribution is 0.309. The van der Waals surface area contributed by atoms with Crippen LogP contribution in [0.3, 0.4) is 0 Å². The molecule has 0 amide bonds. The molecule has 0 bridgehead atoms. The molecular formula is C15H17N5. The summed E-state index contributed by atoms with van der Waals surface area (Å²) in [6, 6.07) is 1.80. The fourth-order valence-electron chi connectivity index (χ4n) is 2.25. The molecule has 5 nitrogen and oxygen atoms in total. The Morgan fingerprint density at radius 2 is 1.90 bits per heavy atom. The maximum Gasteiger partial charge on any atom is 0.175 e. The summed E-state index contributed by atoms with van der Waals surface area (Å²) >= 11 is 0. The van der Waals surface area contributed by atoms with Gasteiger partial charge in [-0.25, -0.2) is 4.98 Å². The molecule has 1 aliphatic heterocycles. The quantitative estimate of drug-likeness (QED) is 0.799. The number of likely N-dealkylation sites (tertiary alicyclic amines) is 1. The zero-order valence-electron chi connectivity index (χ0n) is 11.3. The summed E-state index contributed by atoms with van der Waals surface area (Å²) in [5.74, 6) is 0.605. The van der Waals surface area contributed by atoms with Crippen molar-refractivity contribution in [3.8, 4) is 0 Å². The molecule has 0 atom stereocenters. The highest BCUT2D eigenvalue weighted by Crippen LogP contribution is 2.09. The van der Waals surface area contributed by atoms with Crippen molar-refractivity contribution in [2.24, 2.45) is 0 Å². The molecule has 0 aliphatic carbocycles. The van der Waals surface area contributed by atoms with E-state index in [2.05, 4.69) is 31.3 Å². The smallest absolute Gasteiger partial charge is 0.175 e. The van der Waals surface area contributed by atoms with Gasteiger partial charge in [0.15, 0.2) is 5.82 Å². The van der Waals surface area contributed by atoms with Crippen molar-refractivity contribution in [3.05, 3.63) is 42.6 Å². The van der Waals surface area contributed by atoms with E-state index in [9.17, 15) is 0 Å². The third kappa shape index (κ3) is 3.17. The Balaban J connectivity index is 1.66. The highest BCUT2D eigenvalue weighted by Gasteiger charge is 2.04. The van der Waals surface area contributed by atoms with Crippen molar-refractivity contribution in [3.63, 3.8) is 0 Å². The van der Waals surface area contributed by atoms with E-state index in [1.54, 1.807) is 18.5 Å². The Morgan fingerprint density at radius 3 is 2.80 bits per heavy atom. The predicted molar refractivity (Wildman–Crippen MR) is 78.7 cm³/mol. The van der Waals surface area contributed by atoms with E-state index < -0.39 is 0 Å². The first-order valence-corrected chi connectivity index (χ1v) is 6.95. The first-order valence-electron chi connectivity index (χ1n) is 6.95. The topological polar surface area (TPSA) is 54.8 Å². The summed E-state index contributed by atoms with van der Waals surface area (Å²) in [5.41, 5.74) is 1.53. The van der Waals surface area contributed by atoms with Crippen molar-refractivity contribution in [1.82, 2.24) is 25.1 Å². The Bertz CT molecular complexity index is 629. The van der Waals surface area contributed by atoms with E-state index >= 15 is 0 Å². The molecule has 0 radical (unpaired) electrons. The zero-order valence-corrected chi connectivity index (χ0v) is 11.3. The van der Waals surface area contributed by atoms with Crippen molar-refractivity contribution < 1.29 is 0 Å². The van der Waals surface area contributed by atoms with Crippen LogP contribution in [0, 0.1) is 0 Å². The van der Waals surface area contributed by atoms with Crippen LogP contribution in [0.2, 0.25) is 0 Å². The normalized spacial score (nSPS) is 16.5. The molecule has 20 heavy (non-hydrogen) atoms. The van der Waals surface area contributed by atoms with Crippen LogP contribution < -0.4 is 0 Å². The number of rotatable bonds is 3. The van der Waals surface area contributed by atoms with Crippen LogP contribution in [0.25, 0.3) is 17.1 Å². The second kappa shape index (κ2) is 6.23. The second-order valence-corrected chi connectivity index (χ2v) is 4.83. The Kier molecular flexibility index (Phi) is 3.96. The summed E-state index contributed by atoms with van der Waals surface area (Å²) in [4.78, 5) is 10.8. The average Bonchev–Trinajstić information content (AvgIpc) is 2.52. The summed E-state index contributed by atoms with van der Waals surface area (Å²) in [6.07, 6.45) is 15.3. The SMILES string of the molecule is C(/C=C/N1CCCCC1)=C\c1nnc2ccncc2n1. The summed E-state index contributed by atoms with van der Waals surface area (Å²) in [5, 5.41) is 8.18. The van der Waals surface area contributed by atoms with E-state index in [4.69, 9.17) is 0 Å². The van der Waals surface area contributed by atoms with Crippen LogP contribution in [0.1, 0.15) is 25.1 Å². The molecule has 3 rings (SSSR count). The number of nitrogens with zero attached hydrogens (tertiary/aromatic N) is 5. The number of fused-ring (bicyclic) bond motifs is 1. The lowest BCUT2D eigenvalue weighted by Crippen LogP contribution is -2.23. The van der Waals surface area contributed by atoms with Crippen LogP contribution in [0.4, 0.5) is 0 Å². The number of aromatic nitrogens is 4. The van der Waals surface area contributed by atoms with E-state index in [1.165, 1.54) is 19.3 Å². The van der Waals surface area contributed by atoms with Crippen molar-refractivity contribution >= 4 is 17.1 Å². The maximum atomic E-state index is 4.39. The minimum Gasteiger partial charge on any atom is -0.377 e. The van der Waals surface area contributed by atoms with Gasteiger partial charge in [-0.05, 0) is 43.7 Å². The van der Waals surface area contributed by atoms with Gasteiger partial charge in [-0.15, -0.1) is 10.2 Å². The molecule has 1 fully saturated rings. The first-order chi connectivity index (χ1) is 9.92. The average molecular weight is 267 g/mol. The molecule has 3 heterocycles. The summed E-state index contributed by atoms with van der Waals surface area (Å²) in [7, 11) is 0. The molecule has 2 aromatic heterocycles. The van der Waals surface area contributed by atoms with Crippen LogP contribution >= 0.6 is 0 Å². The largest absolute Gasteiger partial charge is 0.377 e. The Morgan fingerprint density at radius 1 is 1.00 bits per heavy atom.